The van der Waals surface area contributed by atoms with Gasteiger partial charge in [0, 0.05) is 0 Å². The fourth-order valence-electron chi connectivity index (χ4n) is 1.88. The average Bonchev–Trinajstić information content (AvgIpc) is 2.61. The van der Waals surface area contributed by atoms with Gasteiger partial charge in [0.1, 0.15) is 12.2 Å². The molecule has 0 amide bonds. The number of aliphatic hydroxyl groups is 2. The second-order valence-electron chi connectivity index (χ2n) is 4.17. The molecule has 4 atom stereocenters. The maximum absolute atomic E-state index is 11.4. The molecule has 0 saturated carbocycles. The van der Waals surface area contributed by atoms with Crippen molar-refractivity contribution in [1.29, 1.82) is 0 Å². The van der Waals surface area contributed by atoms with Crippen molar-refractivity contribution in [2.24, 2.45) is 0 Å². The predicted octanol–water partition coefficient (Wildman–Crippen LogP) is -1.21. The Morgan fingerprint density at radius 1 is 1.47 bits per heavy atom. The van der Waals surface area contributed by atoms with Crippen molar-refractivity contribution in [3.05, 3.63) is 0 Å². The molecule has 0 radical (unpaired) electrons. The average molecular weight is 218 g/mol. The minimum absolute atomic E-state index is 0.481. The molecule has 6 heteroatoms. The van der Waals surface area contributed by atoms with Gasteiger partial charge in [0.25, 0.3) is 0 Å². The summed E-state index contributed by atoms with van der Waals surface area (Å²) in [6.07, 6.45) is -3.43. The molecule has 0 aromatic heterocycles. The van der Waals surface area contributed by atoms with E-state index in [4.69, 9.17) is 19.3 Å². The Balaban J connectivity index is 2.16. The number of aliphatic hydroxyl groups excluding tert-OH is 2. The number of carbonyl (C=O) groups is 1. The van der Waals surface area contributed by atoms with Crippen LogP contribution in [0.3, 0.4) is 0 Å². The van der Waals surface area contributed by atoms with Gasteiger partial charge in [0.05, 0.1) is 6.61 Å². The summed E-state index contributed by atoms with van der Waals surface area (Å²) >= 11 is 0. The summed E-state index contributed by atoms with van der Waals surface area (Å²) in [6, 6.07) is 0. The summed E-state index contributed by atoms with van der Waals surface area (Å²) in [6.45, 7) is 2.88. The number of hydrogen-bond donors (Lipinski definition) is 2. The van der Waals surface area contributed by atoms with Crippen LogP contribution in [0.25, 0.3) is 0 Å². The van der Waals surface area contributed by atoms with E-state index in [2.05, 4.69) is 0 Å². The van der Waals surface area contributed by atoms with E-state index in [1.807, 2.05) is 0 Å². The van der Waals surface area contributed by atoms with Crippen LogP contribution in [0.1, 0.15) is 13.8 Å². The first-order valence-electron chi connectivity index (χ1n) is 4.79. The first-order valence-corrected chi connectivity index (χ1v) is 4.79. The Morgan fingerprint density at radius 2 is 2.13 bits per heavy atom. The summed E-state index contributed by atoms with van der Waals surface area (Å²) in [5.74, 6) is -1.41. The fraction of sp³-hybridized carbons (Fsp3) is 0.889. The van der Waals surface area contributed by atoms with Gasteiger partial charge >= 0.3 is 5.97 Å². The molecule has 0 bridgehead atoms. The lowest BCUT2D eigenvalue weighted by molar-refractivity contribution is -0.195. The molecular weight excluding hydrogens is 204 g/mol. The number of hydrogen-bond acceptors (Lipinski definition) is 6. The number of carbonyl (C=O) groups excluding carboxylic acids is 1. The molecule has 0 aromatic rings. The van der Waals surface area contributed by atoms with E-state index < -0.39 is 42.8 Å². The van der Waals surface area contributed by atoms with Crippen molar-refractivity contribution in [3.8, 4) is 0 Å². The van der Waals surface area contributed by atoms with Crippen LogP contribution in [0.2, 0.25) is 0 Å². The lowest BCUT2D eigenvalue weighted by Crippen LogP contribution is -2.40. The molecule has 6 nitrogen and oxygen atoms in total. The number of esters is 1. The molecule has 2 fully saturated rings. The number of rotatable bonds is 2. The van der Waals surface area contributed by atoms with Gasteiger partial charge in [-0.2, -0.15) is 0 Å². The third kappa shape index (κ3) is 1.74. The quantitative estimate of drug-likeness (QED) is 0.565. The highest BCUT2D eigenvalue weighted by atomic mass is 16.8. The van der Waals surface area contributed by atoms with E-state index in [0.29, 0.717) is 0 Å². The molecule has 2 saturated heterocycles. The lowest BCUT2D eigenvalue weighted by Gasteiger charge is -2.23. The van der Waals surface area contributed by atoms with Gasteiger partial charge in [-0.25, -0.2) is 4.79 Å². The molecule has 2 unspecified atom stereocenters. The number of fused-ring (bicyclic) bond motifs is 1. The van der Waals surface area contributed by atoms with Crippen molar-refractivity contribution in [2.45, 2.75) is 44.1 Å². The van der Waals surface area contributed by atoms with Gasteiger partial charge in [-0.15, -0.1) is 0 Å². The van der Waals surface area contributed by atoms with E-state index in [1.165, 1.54) is 0 Å². The second kappa shape index (κ2) is 3.41. The smallest absolute Gasteiger partial charge is 0.338 e. The van der Waals surface area contributed by atoms with Crippen molar-refractivity contribution in [3.63, 3.8) is 0 Å². The molecule has 86 valence electrons. The van der Waals surface area contributed by atoms with Gasteiger partial charge in [-0.3, -0.25) is 0 Å². The van der Waals surface area contributed by atoms with E-state index in [0.717, 1.165) is 0 Å². The summed E-state index contributed by atoms with van der Waals surface area (Å²) < 4.78 is 15.6. The second-order valence-corrected chi connectivity index (χ2v) is 4.17. The minimum Gasteiger partial charge on any atom is -0.455 e. The predicted molar refractivity (Wildman–Crippen MR) is 46.8 cm³/mol. The number of cyclic esters (lactones) is 1. The molecule has 2 N–H and O–H groups in total. The Kier molecular flexibility index (Phi) is 2.46. The maximum atomic E-state index is 11.4. The van der Waals surface area contributed by atoms with Gasteiger partial charge in [-0.1, -0.05) is 0 Å². The fourth-order valence-corrected chi connectivity index (χ4v) is 1.88. The highest BCUT2D eigenvalue weighted by Crippen LogP contribution is 2.36. The zero-order chi connectivity index (χ0) is 11.2. The normalized spacial score (nSPS) is 40.0. The van der Waals surface area contributed by atoms with Crippen LogP contribution in [-0.4, -0.2) is 53.0 Å². The van der Waals surface area contributed by atoms with Crippen molar-refractivity contribution in [1.82, 2.24) is 0 Å². The van der Waals surface area contributed by atoms with Crippen LogP contribution < -0.4 is 0 Å². The molecule has 0 aromatic carbocycles. The third-order valence-electron chi connectivity index (χ3n) is 2.50. The zero-order valence-corrected chi connectivity index (χ0v) is 8.54. The maximum Gasteiger partial charge on any atom is 0.338 e. The van der Waals surface area contributed by atoms with E-state index >= 15 is 0 Å². The van der Waals surface area contributed by atoms with Crippen LogP contribution in [0, 0.1) is 0 Å². The minimum atomic E-state index is -1.14. The summed E-state index contributed by atoms with van der Waals surface area (Å²) in [7, 11) is 0. The molecule has 0 spiro atoms. The Bertz CT molecular complexity index is 276. The van der Waals surface area contributed by atoms with Gasteiger partial charge in [0.15, 0.2) is 18.0 Å². The Morgan fingerprint density at radius 3 is 2.73 bits per heavy atom. The molecule has 2 rings (SSSR count). The summed E-state index contributed by atoms with van der Waals surface area (Å²) in [5, 5.41) is 18.2. The van der Waals surface area contributed by atoms with Gasteiger partial charge < -0.3 is 24.4 Å². The first kappa shape index (κ1) is 10.8. The largest absolute Gasteiger partial charge is 0.455 e. The zero-order valence-electron chi connectivity index (χ0n) is 8.54. The summed E-state index contributed by atoms with van der Waals surface area (Å²) in [5.41, 5.74) is 0. The van der Waals surface area contributed by atoms with Crippen LogP contribution in [0.4, 0.5) is 0 Å². The van der Waals surface area contributed by atoms with Gasteiger partial charge in [-0.05, 0) is 13.8 Å². The van der Waals surface area contributed by atoms with E-state index in [1.54, 1.807) is 13.8 Å². The molecule has 2 heterocycles. The SMILES string of the molecule is CC1(C)OC2C(=O)O[C@@H](C(O)CO)[C@H]2O1. The Labute approximate surface area is 86.7 Å². The Hall–Kier alpha value is -0.690. The first-order chi connectivity index (χ1) is 6.94. The molecule has 15 heavy (non-hydrogen) atoms. The van der Waals surface area contributed by atoms with Crippen molar-refractivity contribution in [2.75, 3.05) is 6.61 Å². The molecule has 2 aliphatic rings. The monoisotopic (exact) mass is 218 g/mol. The highest BCUT2D eigenvalue weighted by Gasteiger charge is 2.57. The van der Waals surface area contributed by atoms with Crippen LogP contribution in [-0.2, 0) is 19.0 Å². The van der Waals surface area contributed by atoms with E-state index in [-0.39, 0.29) is 0 Å². The van der Waals surface area contributed by atoms with Crippen LogP contribution in [0.5, 0.6) is 0 Å². The molecular formula is C9H14O6. The van der Waals surface area contributed by atoms with Crippen molar-refractivity contribution >= 4 is 5.97 Å². The van der Waals surface area contributed by atoms with Crippen LogP contribution in [0.15, 0.2) is 0 Å². The van der Waals surface area contributed by atoms with Gasteiger partial charge in [0.2, 0.25) is 0 Å². The van der Waals surface area contributed by atoms with Crippen molar-refractivity contribution < 1.29 is 29.2 Å². The molecule has 2 aliphatic heterocycles. The summed E-state index contributed by atoms with van der Waals surface area (Å²) in [4.78, 5) is 11.4. The van der Waals surface area contributed by atoms with E-state index in [9.17, 15) is 9.90 Å². The third-order valence-corrected chi connectivity index (χ3v) is 2.50. The van der Waals surface area contributed by atoms with Crippen LogP contribution >= 0.6 is 0 Å². The topological polar surface area (TPSA) is 85.2 Å². The highest BCUT2D eigenvalue weighted by molar-refractivity contribution is 5.78. The lowest BCUT2D eigenvalue weighted by atomic mass is 10.1. The molecule has 0 aliphatic carbocycles. The standard InChI is InChI=1S/C9H14O6/c1-9(2)14-6-5(4(11)3-10)13-8(12)7(6)15-9/h4-7,10-11H,3H2,1-2H3/t4?,5-,6+,7?/m0/s1. The number of ether oxygens (including phenoxy) is 3.